The number of hydrogen-bond acceptors (Lipinski definition) is 2. The van der Waals surface area contributed by atoms with Crippen molar-refractivity contribution in [3.8, 4) is 0 Å². The van der Waals surface area contributed by atoms with Crippen molar-refractivity contribution in [2.75, 3.05) is 0 Å². The largest absolute Gasteiger partial charge is 0.343 e. The fourth-order valence-corrected chi connectivity index (χ4v) is 3.58. The quantitative estimate of drug-likeness (QED) is 0.778. The summed E-state index contributed by atoms with van der Waals surface area (Å²) in [6, 6.07) is 18.9. The van der Waals surface area contributed by atoms with Crippen LogP contribution in [-0.4, -0.2) is 17.4 Å². The van der Waals surface area contributed by atoms with E-state index in [0.29, 0.717) is 0 Å². The van der Waals surface area contributed by atoms with Crippen LogP contribution >= 0.6 is 0 Å². The lowest BCUT2D eigenvalue weighted by Crippen LogP contribution is -2.51. The van der Waals surface area contributed by atoms with Crippen LogP contribution < -0.4 is 10.6 Å². The van der Waals surface area contributed by atoms with Crippen molar-refractivity contribution >= 4 is 11.8 Å². The van der Waals surface area contributed by atoms with Crippen molar-refractivity contribution in [1.82, 2.24) is 10.6 Å². The number of carbonyl (C=O) groups is 2. The predicted octanol–water partition coefficient (Wildman–Crippen LogP) is 4.22. The van der Waals surface area contributed by atoms with E-state index in [-0.39, 0.29) is 11.5 Å². The van der Waals surface area contributed by atoms with Crippen molar-refractivity contribution in [3.63, 3.8) is 0 Å². The fourth-order valence-electron chi connectivity index (χ4n) is 3.58. The topological polar surface area (TPSA) is 58.2 Å². The number of carbonyl (C=O) groups excluding carboxylic acids is 2. The summed E-state index contributed by atoms with van der Waals surface area (Å²) in [6.07, 6.45) is 0.764. The van der Waals surface area contributed by atoms with E-state index in [1.807, 2.05) is 74.5 Å². The second-order valence-corrected chi connectivity index (χ2v) is 8.80. The predicted molar refractivity (Wildman–Crippen MR) is 109 cm³/mol. The molecule has 0 atom stereocenters. The summed E-state index contributed by atoms with van der Waals surface area (Å²) in [6.45, 7) is 10.2. The minimum Gasteiger partial charge on any atom is -0.343 e. The molecule has 0 bridgehead atoms. The summed E-state index contributed by atoms with van der Waals surface area (Å²) in [5.74, 6) is -1.24. The number of rotatable bonds is 5. The number of hydrogen-bond donors (Lipinski definition) is 2. The van der Waals surface area contributed by atoms with E-state index in [2.05, 4.69) is 31.4 Å². The van der Waals surface area contributed by atoms with Crippen LogP contribution in [0.4, 0.5) is 0 Å². The van der Waals surface area contributed by atoms with Crippen LogP contribution in [0.1, 0.15) is 58.2 Å². The van der Waals surface area contributed by atoms with E-state index >= 15 is 0 Å². The van der Waals surface area contributed by atoms with Crippen molar-refractivity contribution in [2.45, 2.75) is 52.6 Å². The highest BCUT2D eigenvalue weighted by Crippen LogP contribution is 2.27. The van der Waals surface area contributed by atoms with Gasteiger partial charge in [-0.15, -0.1) is 0 Å². The Hall–Kier alpha value is -2.62. The fraction of sp³-hybridized carbons (Fsp3) is 0.391. The van der Waals surface area contributed by atoms with Crippen molar-refractivity contribution in [3.05, 3.63) is 71.8 Å². The molecule has 2 N–H and O–H groups in total. The molecule has 0 fully saturated rings. The van der Waals surface area contributed by atoms with Gasteiger partial charge in [-0.3, -0.25) is 9.59 Å². The third-order valence-corrected chi connectivity index (χ3v) is 4.17. The highest BCUT2D eigenvalue weighted by molar-refractivity contribution is 6.35. The third-order valence-electron chi connectivity index (χ3n) is 4.17. The van der Waals surface area contributed by atoms with Gasteiger partial charge in [0, 0.05) is 5.54 Å². The van der Waals surface area contributed by atoms with Gasteiger partial charge in [0.1, 0.15) is 0 Å². The molecule has 0 spiro atoms. The Morgan fingerprint density at radius 3 is 1.63 bits per heavy atom. The molecule has 4 nitrogen and oxygen atoms in total. The molecule has 0 aliphatic carbocycles. The smallest absolute Gasteiger partial charge is 0.310 e. The van der Waals surface area contributed by atoms with Crippen LogP contribution in [0.5, 0.6) is 0 Å². The van der Waals surface area contributed by atoms with Gasteiger partial charge in [0.15, 0.2) is 0 Å². The molecule has 2 amide bonds. The Kier molecular flexibility index (Phi) is 6.42. The average Bonchev–Trinajstić information content (AvgIpc) is 2.58. The number of amides is 2. The van der Waals surface area contributed by atoms with Crippen LogP contribution in [0.15, 0.2) is 60.7 Å². The first-order valence-corrected chi connectivity index (χ1v) is 9.30. The zero-order valence-corrected chi connectivity index (χ0v) is 16.9. The zero-order chi connectivity index (χ0) is 20.1. The summed E-state index contributed by atoms with van der Waals surface area (Å²) in [5, 5.41) is 5.75. The highest BCUT2D eigenvalue weighted by atomic mass is 16.2. The molecule has 2 aromatic rings. The van der Waals surface area contributed by atoms with Crippen LogP contribution in [0, 0.1) is 5.41 Å². The average molecular weight is 367 g/mol. The minimum atomic E-state index is -0.630. The molecule has 0 aromatic heterocycles. The minimum absolute atomic E-state index is 0.0455. The maximum Gasteiger partial charge on any atom is 0.310 e. The van der Waals surface area contributed by atoms with Gasteiger partial charge < -0.3 is 10.6 Å². The Morgan fingerprint density at radius 2 is 1.22 bits per heavy atom. The maximum atomic E-state index is 12.6. The third kappa shape index (κ3) is 6.55. The molecule has 144 valence electrons. The molecule has 0 radical (unpaired) electrons. The SMILES string of the molecule is CC(C)(C)CC(C)(C)NC(=O)C(=O)NC(c1ccccc1)c1ccccc1. The standard InChI is InChI=1S/C23H30N2O2/c1-22(2,3)16-23(4,5)25-21(27)20(26)24-19(17-12-8-6-9-13-17)18-14-10-7-11-15-18/h6-15,19H,16H2,1-5H3,(H,24,26)(H,25,27). The first-order chi connectivity index (χ1) is 12.6. The van der Waals surface area contributed by atoms with Crippen molar-refractivity contribution < 1.29 is 9.59 Å². The molecule has 0 heterocycles. The van der Waals surface area contributed by atoms with E-state index in [1.54, 1.807) is 0 Å². The molecule has 0 unspecified atom stereocenters. The normalized spacial score (nSPS) is 11.9. The van der Waals surface area contributed by atoms with Crippen molar-refractivity contribution in [1.29, 1.82) is 0 Å². The Bertz CT molecular complexity index is 722. The first-order valence-electron chi connectivity index (χ1n) is 9.30. The van der Waals surface area contributed by atoms with Crippen LogP contribution in [0.25, 0.3) is 0 Å². The van der Waals surface area contributed by atoms with Gasteiger partial charge in [0.25, 0.3) is 0 Å². The summed E-state index contributed by atoms with van der Waals surface area (Å²) in [7, 11) is 0. The molecule has 0 saturated heterocycles. The Morgan fingerprint density at radius 1 is 0.778 bits per heavy atom. The van der Waals surface area contributed by atoms with E-state index in [1.165, 1.54) is 0 Å². The van der Waals surface area contributed by atoms with Gasteiger partial charge >= 0.3 is 11.8 Å². The second kappa shape index (κ2) is 8.38. The lowest BCUT2D eigenvalue weighted by molar-refractivity contribution is -0.140. The zero-order valence-electron chi connectivity index (χ0n) is 16.9. The summed E-state index contributed by atoms with van der Waals surface area (Å²) < 4.78 is 0. The van der Waals surface area contributed by atoms with Gasteiger partial charge in [0.05, 0.1) is 6.04 Å². The number of benzene rings is 2. The number of nitrogens with one attached hydrogen (secondary N) is 2. The molecular weight excluding hydrogens is 336 g/mol. The Balaban J connectivity index is 2.15. The maximum absolute atomic E-state index is 12.6. The molecule has 27 heavy (non-hydrogen) atoms. The van der Waals surface area contributed by atoms with E-state index < -0.39 is 17.4 Å². The van der Waals surface area contributed by atoms with Gasteiger partial charge in [-0.25, -0.2) is 0 Å². The van der Waals surface area contributed by atoms with Crippen molar-refractivity contribution in [2.24, 2.45) is 5.41 Å². The van der Waals surface area contributed by atoms with Crippen LogP contribution in [-0.2, 0) is 9.59 Å². The highest BCUT2D eigenvalue weighted by Gasteiger charge is 2.30. The second-order valence-electron chi connectivity index (χ2n) is 8.80. The molecule has 0 saturated carbocycles. The van der Waals surface area contributed by atoms with E-state index in [0.717, 1.165) is 17.5 Å². The molecule has 2 rings (SSSR count). The summed E-state index contributed by atoms with van der Waals surface area (Å²) >= 11 is 0. The van der Waals surface area contributed by atoms with Gasteiger partial charge in [-0.2, -0.15) is 0 Å². The van der Waals surface area contributed by atoms with E-state index in [9.17, 15) is 9.59 Å². The van der Waals surface area contributed by atoms with Gasteiger partial charge in [-0.05, 0) is 36.8 Å². The first kappa shape index (κ1) is 20.7. The summed E-state index contributed by atoms with van der Waals surface area (Å²) in [5.41, 5.74) is 1.43. The van der Waals surface area contributed by atoms with Gasteiger partial charge in [0.2, 0.25) is 0 Å². The lowest BCUT2D eigenvalue weighted by Gasteiger charge is -2.33. The molecule has 2 aromatic carbocycles. The van der Waals surface area contributed by atoms with E-state index in [4.69, 9.17) is 0 Å². The summed E-state index contributed by atoms with van der Waals surface area (Å²) in [4.78, 5) is 25.1. The molecular formula is C23H30N2O2. The molecule has 4 heteroatoms. The Labute approximate surface area is 162 Å². The molecule has 0 aliphatic rings. The van der Waals surface area contributed by atoms with Gasteiger partial charge in [-0.1, -0.05) is 81.4 Å². The van der Waals surface area contributed by atoms with Crippen LogP contribution in [0.3, 0.4) is 0 Å². The monoisotopic (exact) mass is 366 g/mol. The molecule has 0 aliphatic heterocycles. The van der Waals surface area contributed by atoms with Crippen LogP contribution in [0.2, 0.25) is 0 Å². The lowest BCUT2D eigenvalue weighted by atomic mass is 9.82.